The number of nitrogens with one attached hydrogen (secondary N) is 1. The number of nitrogens with zero attached hydrogens (tertiary/aromatic N) is 3. The van der Waals surface area contributed by atoms with Gasteiger partial charge in [0.15, 0.2) is 0 Å². The number of aryl methyl sites for hydroxylation is 1. The lowest BCUT2D eigenvalue weighted by atomic mass is 10.2. The minimum atomic E-state index is 0.300. The largest absolute Gasteiger partial charge is 0.373 e. The van der Waals surface area contributed by atoms with E-state index in [1.54, 1.807) is 0 Å². The van der Waals surface area contributed by atoms with E-state index < -0.39 is 0 Å². The Morgan fingerprint density at radius 1 is 1.10 bits per heavy atom. The van der Waals surface area contributed by atoms with E-state index in [1.165, 1.54) is 5.56 Å². The molecule has 106 valence electrons. The van der Waals surface area contributed by atoms with E-state index in [1.807, 2.05) is 20.2 Å². The molecule has 0 aliphatic carbocycles. The summed E-state index contributed by atoms with van der Waals surface area (Å²) in [4.78, 5) is 11.2. The van der Waals surface area contributed by atoms with Crippen LogP contribution in [0.25, 0.3) is 0 Å². The first-order chi connectivity index (χ1) is 9.51. The number of rotatable bonds is 4. The van der Waals surface area contributed by atoms with Gasteiger partial charge < -0.3 is 10.2 Å². The Labute approximate surface area is 120 Å². The molecule has 0 spiro atoms. The van der Waals surface area contributed by atoms with Crippen molar-refractivity contribution in [2.45, 2.75) is 26.7 Å². The molecule has 0 saturated heterocycles. The summed E-state index contributed by atoms with van der Waals surface area (Å²) in [5.74, 6) is 2.90. The van der Waals surface area contributed by atoms with Crippen molar-refractivity contribution in [3.8, 4) is 0 Å². The smallest absolute Gasteiger partial charge is 0.138 e. The Kier molecular flexibility index (Phi) is 4.23. The minimum Gasteiger partial charge on any atom is -0.373 e. The third-order valence-electron chi connectivity index (χ3n) is 3.27. The molecule has 1 N–H and O–H groups in total. The zero-order valence-electron chi connectivity index (χ0n) is 12.8. The summed E-state index contributed by atoms with van der Waals surface area (Å²) >= 11 is 0. The quantitative estimate of drug-likeness (QED) is 0.919. The maximum absolute atomic E-state index is 4.65. The molecule has 4 heteroatoms. The monoisotopic (exact) mass is 270 g/mol. The van der Waals surface area contributed by atoms with Crippen molar-refractivity contribution in [2.24, 2.45) is 0 Å². The molecule has 1 aromatic carbocycles. The number of hydrogen-bond donors (Lipinski definition) is 1. The van der Waals surface area contributed by atoms with Gasteiger partial charge in [0.25, 0.3) is 0 Å². The summed E-state index contributed by atoms with van der Waals surface area (Å²) in [6, 6.07) is 10.4. The molecule has 0 saturated carbocycles. The zero-order chi connectivity index (χ0) is 14.7. The molecule has 0 aliphatic heterocycles. The van der Waals surface area contributed by atoms with Crippen LogP contribution in [0.4, 0.5) is 17.3 Å². The van der Waals surface area contributed by atoms with Gasteiger partial charge in [0.05, 0.1) is 0 Å². The number of aromatic nitrogens is 2. The van der Waals surface area contributed by atoms with E-state index >= 15 is 0 Å². The van der Waals surface area contributed by atoms with Crippen molar-refractivity contribution in [1.82, 2.24) is 9.97 Å². The van der Waals surface area contributed by atoms with Crippen LogP contribution in [0.3, 0.4) is 0 Å². The Bertz CT molecular complexity index is 576. The first-order valence-electron chi connectivity index (χ1n) is 6.88. The van der Waals surface area contributed by atoms with E-state index in [4.69, 9.17) is 0 Å². The van der Waals surface area contributed by atoms with Crippen molar-refractivity contribution in [3.05, 3.63) is 41.7 Å². The van der Waals surface area contributed by atoms with Crippen molar-refractivity contribution < 1.29 is 0 Å². The molecule has 0 radical (unpaired) electrons. The lowest BCUT2D eigenvalue weighted by molar-refractivity contribution is 0.773. The van der Waals surface area contributed by atoms with Gasteiger partial charge in [0.1, 0.15) is 17.5 Å². The summed E-state index contributed by atoms with van der Waals surface area (Å²) in [7, 11) is 3.90. The second-order valence-corrected chi connectivity index (χ2v) is 5.27. The van der Waals surface area contributed by atoms with E-state index in [9.17, 15) is 0 Å². The Morgan fingerprint density at radius 3 is 2.30 bits per heavy atom. The van der Waals surface area contributed by atoms with Gasteiger partial charge in [-0.1, -0.05) is 31.5 Å². The molecule has 0 aliphatic rings. The lowest BCUT2D eigenvalue weighted by Gasteiger charge is -2.20. The maximum atomic E-state index is 4.65. The Morgan fingerprint density at radius 2 is 1.75 bits per heavy atom. The highest BCUT2D eigenvalue weighted by Gasteiger charge is 2.11. The fraction of sp³-hybridized carbons (Fsp3) is 0.375. The van der Waals surface area contributed by atoms with Crippen LogP contribution >= 0.6 is 0 Å². The van der Waals surface area contributed by atoms with Crippen molar-refractivity contribution in [2.75, 3.05) is 24.3 Å². The summed E-state index contributed by atoms with van der Waals surface area (Å²) < 4.78 is 0. The standard InChI is InChI=1S/C16H22N4/c1-11(2)16-18-14(17-4)10-15(19-16)20(5)13-8-6-12(3)7-9-13/h6-11H,1-5H3,(H,17,18,19). The topological polar surface area (TPSA) is 41.0 Å². The van der Waals surface area contributed by atoms with Crippen LogP contribution in [0.5, 0.6) is 0 Å². The molecule has 2 rings (SSSR count). The first kappa shape index (κ1) is 14.3. The van der Waals surface area contributed by atoms with Gasteiger partial charge in [0.2, 0.25) is 0 Å². The van der Waals surface area contributed by atoms with E-state index in [0.717, 1.165) is 23.1 Å². The summed E-state index contributed by atoms with van der Waals surface area (Å²) in [5.41, 5.74) is 2.37. The van der Waals surface area contributed by atoms with Gasteiger partial charge in [-0.3, -0.25) is 0 Å². The SMILES string of the molecule is CNc1cc(N(C)c2ccc(C)cc2)nc(C(C)C)n1. The molecule has 1 aromatic heterocycles. The highest BCUT2D eigenvalue weighted by atomic mass is 15.2. The molecule has 0 unspecified atom stereocenters. The van der Waals surface area contributed by atoms with Crippen molar-refractivity contribution in [1.29, 1.82) is 0 Å². The molecule has 0 fully saturated rings. The Balaban J connectivity index is 2.40. The van der Waals surface area contributed by atoms with Crippen molar-refractivity contribution in [3.63, 3.8) is 0 Å². The highest BCUT2D eigenvalue weighted by molar-refractivity contribution is 5.62. The minimum absolute atomic E-state index is 0.300. The first-order valence-corrected chi connectivity index (χ1v) is 6.88. The fourth-order valence-corrected chi connectivity index (χ4v) is 1.91. The van der Waals surface area contributed by atoms with Crippen LogP contribution in [-0.4, -0.2) is 24.1 Å². The van der Waals surface area contributed by atoms with E-state index in [2.05, 4.69) is 65.2 Å². The summed E-state index contributed by atoms with van der Waals surface area (Å²) in [6.45, 7) is 6.29. The van der Waals surface area contributed by atoms with Gasteiger partial charge in [-0.2, -0.15) is 0 Å². The van der Waals surface area contributed by atoms with E-state index in [-0.39, 0.29) is 0 Å². The number of benzene rings is 1. The van der Waals surface area contributed by atoms with Gasteiger partial charge >= 0.3 is 0 Å². The molecular weight excluding hydrogens is 248 g/mol. The van der Waals surface area contributed by atoms with Gasteiger partial charge in [-0.15, -0.1) is 0 Å². The van der Waals surface area contributed by atoms with Crippen LogP contribution in [0.2, 0.25) is 0 Å². The third-order valence-corrected chi connectivity index (χ3v) is 3.27. The second-order valence-electron chi connectivity index (χ2n) is 5.27. The molecule has 0 atom stereocenters. The van der Waals surface area contributed by atoms with Gasteiger partial charge in [-0.05, 0) is 19.1 Å². The second kappa shape index (κ2) is 5.90. The summed E-state index contributed by atoms with van der Waals surface area (Å²) in [5, 5.41) is 3.10. The highest BCUT2D eigenvalue weighted by Crippen LogP contribution is 2.25. The Hall–Kier alpha value is -2.10. The maximum Gasteiger partial charge on any atom is 0.138 e. The predicted octanol–water partition coefficient (Wildman–Crippen LogP) is 3.72. The molecule has 20 heavy (non-hydrogen) atoms. The molecule has 1 heterocycles. The normalized spacial score (nSPS) is 10.7. The zero-order valence-corrected chi connectivity index (χ0v) is 12.8. The molecule has 2 aromatic rings. The third kappa shape index (κ3) is 3.07. The van der Waals surface area contributed by atoms with Crippen LogP contribution in [0.1, 0.15) is 31.2 Å². The molecular formula is C16H22N4. The molecule has 0 bridgehead atoms. The predicted molar refractivity (Wildman–Crippen MR) is 84.9 cm³/mol. The average molecular weight is 270 g/mol. The van der Waals surface area contributed by atoms with Crippen LogP contribution in [-0.2, 0) is 0 Å². The molecule has 0 amide bonds. The van der Waals surface area contributed by atoms with Crippen LogP contribution in [0, 0.1) is 6.92 Å². The van der Waals surface area contributed by atoms with Gasteiger partial charge in [-0.25, -0.2) is 9.97 Å². The van der Waals surface area contributed by atoms with Crippen LogP contribution < -0.4 is 10.2 Å². The lowest BCUT2D eigenvalue weighted by Crippen LogP contribution is -2.14. The number of hydrogen-bond acceptors (Lipinski definition) is 4. The number of anilines is 3. The van der Waals surface area contributed by atoms with E-state index in [0.29, 0.717) is 5.92 Å². The van der Waals surface area contributed by atoms with Crippen molar-refractivity contribution >= 4 is 17.3 Å². The van der Waals surface area contributed by atoms with Gasteiger partial charge in [0, 0.05) is 31.8 Å². The van der Waals surface area contributed by atoms with Crippen LogP contribution in [0.15, 0.2) is 30.3 Å². The average Bonchev–Trinajstić information content (AvgIpc) is 2.46. The molecule has 4 nitrogen and oxygen atoms in total. The summed E-state index contributed by atoms with van der Waals surface area (Å²) in [6.07, 6.45) is 0. The fourth-order valence-electron chi connectivity index (χ4n) is 1.91.